The second-order valence-corrected chi connectivity index (χ2v) is 9.03. The van der Waals surface area contributed by atoms with Crippen LogP contribution >= 0.6 is 11.3 Å². The number of nitrogens with one attached hydrogen (secondary N) is 1. The van der Waals surface area contributed by atoms with Crippen LogP contribution in [0.25, 0.3) is 20.4 Å². The minimum absolute atomic E-state index is 0.157. The van der Waals surface area contributed by atoms with E-state index in [-0.39, 0.29) is 24.8 Å². The molecule has 1 amide bonds. The third-order valence-electron chi connectivity index (χ3n) is 5.78. The summed E-state index contributed by atoms with van der Waals surface area (Å²) in [6, 6.07) is 10.7. The summed E-state index contributed by atoms with van der Waals surface area (Å²) < 4.78 is 14.2. The van der Waals surface area contributed by atoms with Crippen molar-refractivity contribution in [1.82, 2.24) is 14.1 Å². The number of fused-ring (bicyclic) bond motifs is 3. The van der Waals surface area contributed by atoms with Gasteiger partial charge in [0.2, 0.25) is 5.91 Å². The van der Waals surface area contributed by atoms with E-state index in [0.717, 1.165) is 12.8 Å². The average Bonchev–Trinajstić information content (AvgIpc) is 3.49. The number of nitrogens with zero attached hydrogens (tertiary/aromatic N) is 3. The molecule has 1 aliphatic heterocycles. The fourth-order valence-electron chi connectivity index (χ4n) is 4.27. The third-order valence-corrected chi connectivity index (χ3v) is 6.87. The zero-order valence-corrected chi connectivity index (χ0v) is 19.5. The molecule has 0 bridgehead atoms. The van der Waals surface area contributed by atoms with Crippen LogP contribution in [-0.2, 0) is 22.6 Å². The van der Waals surface area contributed by atoms with Gasteiger partial charge in [-0.25, -0.2) is 9.78 Å². The fourth-order valence-corrected chi connectivity index (χ4v) is 5.36. The summed E-state index contributed by atoms with van der Waals surface area (Å²) in [6.07, 6.45) is 3.12. The van der Waals surface area contributed by atoms with Gasteiger partial charge in [-0.3, -0.25) is 18.7 Å². The number of hydrogen-bond donors (Lipinski definition) is 1. The molecule has 1 aliphatic rings. The topological polar surface area (TPSA) is 104 Å². The van der Waals surface area contributed by atoms with Gasteiger partial charge in [0.15, 0.2) is 0 Å². The summed E-state index contributed by atoms with van der Waals surface area (Å²) in [5.74, 6) is 0.144. The molecule has 9 nitrogen and oxygen atoms in total. The minimum atomic E-state index is -0.537. The van der Waals surface area contributed by atoms with E-state index < -0.39 is 11.6 Å². The maximum Gasteiger partial charge on any atom is 0.332 e. The highest BCUT2D eigenvalue weighted by atomic mass is 32.1. The van der Waals surface area contributed by atoms with E-state index in [1.165, 1.54) is 20.5 Å². The number of amides is 1. The van der Waals surface area contributed by atoms with Crippen molar-refractivity contribution in [2.24, 2.45) is 0 Å². The third kappa shape index (κ3) is 4.10. The molecule has 1 saturated heterocycles. The Morgan fingerprint density at radius 2 is 2.09 bits per heavy atom. The molecule has 0 unspecified atom stereocenters. The standard InChI is InChI=1S/C24H24N4O5S/c1-2-32-18-10-4-3-9-17(18)26-19(29)14-27-20-16-8-5-11-25-22(16)34-21(20)23(30)28(24(27)31)13-15-7-6-12-33-15/h3-5,8-11,15H,2,6-7,12-14H2,1H3,(H,26,29)/t15-/m0/s1. The van der Waals surface area contributed by atoms with Crippen LogP contribution in [0.1, 0.15) is 19.8 Å². The number of aromatic nitrogens is 3. The lowest BCUT2D eigenvalue weighted by atomic mass is 10.2. The van der Waals surface area contributed by atoms with Crippen molar-refractivity contribution in [3.05, 3.63) is 63.4 Å². The maximum atomic E-state index is 13.5. The maximum absolute atomic E-state index is 13.5. The Kier molecular flexibility index (Phi) is 6.16. The summed E-state index contributed by atoms with van der Waals surface area (Å²) in [4.78, 5) is 44.9. The van der Waals surface area contributed by atoms with Gasteiger partial charge in [-0.2, -0.15) is 0 Å². The predicted molar refractivity (Wildman–Crippen MR) is 131 cm³/mol. The van der Waals surface area contributed by atoms with Gasteiger partial charge in [0.1, 0.15) is 21.8 Å². The van der Waals surface area contributed by atoms with Gasteiger partial charge in [0, 0.05) is 18.2 Å². The Labute approximate surface area is 198 Å². The number of benzene rings is 1. The van der Waals surface area contributed by atoms with Crippen LogP contribution in [0.15, 0.2) is 52.2 Å². The number of ether oxygens (including phenoxy) is 2. The number of rotatable bonds is 7. The molecule has 3 aromatic heterocycles. The van der Waals surface area contributed by atoms with E-state index in [4.69, 9.17) is 9.47 Å². The van der Waals surface area contributed by atoms with Crippen LogP contribution in [0.4, 0.5) is 5.69 Å². The molecule has 0 aliphatic carbocycles. The molecule has 10 heteroatoms. The number of carbonyl (C=O) groups is 1. The number of carbonyl (C=O) groups excluding carboxylic acids is 1. The van der Waals surface area contributed by atoms with Gasteiger partial charge in [0.05, 0.1) is 30.5 Å². The Morgan fingerprint density at radius 1 is 1.24 bits per heavy atom. The van der Waals surface area contributed by atoms with Gasteiger partial charge >= 0.3 is 5.69 Å². The molecule has 0 saturated carbocycles. The molecule has 0 radical (unpaired) electrons. The van der Waals surface area contributed by atoms with Crippen molar-refractivity contribution in [3.63, 3.8) is 0 Å². The van der Waals surface area contributed by atoms with Crippen molar-refractivity contribution in [3.8, 4) is 5.75 Å². The summed E-state index contributed by atoms with van der Waals surface area (Å²) >= 11 is 1.23. The van der Waals surface area contributed by atoms with Crippen molar-refractivity contribution < 1.29 is 14.3 Å². The smallest absolute Gasteiger partial charge is 0.332 e. The van der Waals surface area contributed by atoms with Crippen LogP contribution in [0.2, 0.25) is 0 Å². The van der Waals surface area contributed by atoms with Crippen LogP contribution < -0.4 is 21.3 Å². The van der Waals surface area contributed by atoms with Crippen LogP contribution in [0.3, 0.4) is 0 Å². The number of pyridine rings is 1. The highest BCUT2D eigenvalue weighted by Gasteiger charge is 2.24. The molecule has 1 aromatic carbocycles. The lowest BCUT2D eigenvalue weighted by Gasteiger charge is -2.16. The largest absolute Gasteiger partial charge is 0.492 e. The van der Waals surface area contributed by atoms with E-state index in [0.29, 0.717) is 45.1 Å². The second-order valence-electron chi connectivity index (χ2n) is 8.03. The average molecular weight is 481 g/mol. The van der Waals surface area contributed by atoms with E-state index in [2.05, 4.69) is 10.3 Å². The zero-order valence-electron chi connectivity index (χ0n) is 18.7. The zero-order chi connectivity index (χ0) is 23.7. The van der Waals surface area contributed by atoms with E-state index >= 15 is 0 Å². The van der Waals surface area contributed by atoms with Crippen molar-refractivity contribution >= 4 is 43.4 Å². The highest BCUT2D eigenvalue weighted by Crippen LogP contribution is 2.29. The Bertz CT molecular complexity index is 1480. The molecule has 4 aromatic rings. The first-order valence-electron chi connectivity index (χ1n) is 11.2. The van der Waals surface area contributed by atoms with E-state index in [1.54, 1.807) is 30.5 Å². The highest BCUT2D eigenvalue weighted by molar-refractivity contribution is 7.25. The molecule has 5 rings (SSSR count). The molecule has 1 fully saturated rings. The van der Waals surface area contributed by atoms with Gasteiger partial charge in [0.25, 0.3) is 5.56 Å². The molecule has 34 heavy (non-hydrogen) atoms. The fraction of sp³-hybridized carbons (Fsp3) is 0.333. The molecule has 0 spiro atoms. The molecule has 4 heterocycles. The van der Waals surface area contributed by atoms with Crippen LogP contribution in [-0.4, -0.2) is 39.3 Å². The lowest BCUT2D eigenvalue weighted by molar-refractivity contribution is -0.116. The van der Waals surface area contributed by atoms with Gasteiger partial charge in [-0.1, -0.05) is 12.1 Å². The number of para-hydroxylation sites is 2. The molecular formula is C24H24N4O5S. The molecular weight excluding hydrogens is 456 g/mol. The summed E-state index contributed by atoms with van der Waals surface area (Å²) in [7, 11) is 0. The van der Waals surface area contributed by atoms with E-state index in [1.807, 2.05) is 19.1 Å². The lowest BCUT2D eigenvalue weighted by Crippen LogP contribution is -2.43. The number of hydrogen-bond acceptors (Lipinski definition) is 7. The van der Waals surface area contributed by atoms with Crippen molar-refractivity contribution in [2.75, 3.05) is 18.5 Å². The number of anilines is 1. The minimum Gasteiger partial charge on any atom is -0.492 e. The van der Waals surface area contributed by atoms with E-state index in [9.17, 15) is 14.4 Å². The van der Waals surface area contributed by atoms with Crippen molar-refractivity contribution in [1.29, 1.82) is 0 Å². The second kappa shape index (κ2) is 9.40. The quantitative estimate of drug-likeness (QED) is 0.436. The van der Waals surface area contributed by atoms with Gasteiger partial charge in [-0.15, -0.1) is 11.3 Å². The van der Waals surface area contributed by atoms with Gasteiger partial charge < -0.3 is 14.8 Å². The SMILES string of the molecule is CCOc1ccccc1NC(=O)Cn1c(=O)n(C[C@@H]2CCCO2)c(=O)c2sc3ncccc3c21. The first-order valence-corrected chi connectivity index (χ1v) is 12.0. The first-order chi connectivity index (χ1) is 16.6. The summed E-state index contributed by atoms with van der Waals surface area (Å²) in [6.45, 7) is 2.83. The summed E-state index contributed by atoms with van der Waals surface area (Å²) in [5, 5.41) is 3.51. The first kappa shape index (κ1) is 22.3. The predicted octanol–water partition coefficient (Wildman–Crippen LogP) is 2.99. The molecule has 176 valence electrons. The Balaban J connectivity index is 1.59. The summed E-state index contributed by atoms with van der Waals surface area (Å²) in [5.41, 5.74) is 0.0322. The molecule has 1 N–H and O–H groups in total. The van der Waals surface area contributed by atoms with Crippen LogP contribution in [0.5, 0.6) is 5.75 Å². The normalized spacial score (nSPS) is 15.7. The monoisotopic (exact) mass is 480 g/mol. The Morgan fingerprint density at radius 3 is 2.88 bits per heavy atom. The Hall–Kier alpha value is -3.50. The van der Waals surface area contributed by atoms with Crippen molar-refractivity contribution in [2.45, 2.75) is 39.0 Å². The number of thiophene rings is 1. The van der Waals surface area contributed by atoms with Gasteiger partial charge in [-0.05, 0) is 44.0 Å². The van der Waals surface area contributed by atoms with Crippen LogP contribution in [0, 0.1) is 0 Å². The molecule has 1 atom stereocenters.